The smallest absolute Gasteiger partial charge is 0.372 e. The van der Waals surface area contributed by atoms with Crippen molar-refractivity contribution in [2.45, 2.75) is 11.8 Å². The van der Waals surface area contributed by atoms with Crippen LogP contribution in [0.2, 0.25) is 0 Å². The lowest BCUT2D eigenvalue weighted by atomic mass is 9.85. The van der Waals surface area contributed by atoms with Gasteiger partial charge >= 0.3 is 6.18 Å². The topological polar surface area (TPSA) is 38.1 Å². The SMILES string of the molecule is OC(c1ccc(F)cc1)(c1ccc2c(cnn2-c2ccc(F)cc2)c1)C(F)(F)F. The van der Waals surface area contributed by atoms with Crippen LogP contribution in [0.5, 0.6) is 0 Å². The van der Waals surface area contributed by atoms with Crippen LogP contribution in [0.4, 0.5) is 22.0 Å². The quantitative estimate of drug-likeness (QED) is 0.483. The fourth-order valence-electron chi connectivity index (χ4n) is 3.23. The molecular weight excluding hydrogens is 391 g/mol. The van der Waals surface area contributed by atoms with Crippen molar-refractivity contribution in [2.24, 2.45) is 0 Å². The number of hydrogen-bond donors (Lipinski definition) is 1. The Balaban J connectivity index is 1.85. The Morgan fingerprint density at radius 3 is 1.90 bits per heavy atom. The molecule has 3 nitrogen and oxygen atoms in total. The van der Waals surface area contributed by atoms with E-state index in [0.29, 0.717) is 16.6 Å². The second-order valence-corrected chi connectivity index (χ2v) is 6.52. The van der Waals surface area contributed by atoms with Gasteiger partial charge in [-0.05, 0) is 59.7 Å². The summed E-state index contributed by atoms with van der Waals surface area (Å²) in [6.45, 7) is 0. The molecule has 1 atom stereocenters. The molecule has 0 aliphatic rings. The van der Waals surface area contributed by atoms with E-state index < -0.39 is 34.5 Å². The lowest BCUT2D eigenvalue weighted by Crippen LogP contribution is -2.43. The number of halogens is 5. The number of aromatic nitrogens is 2. The zero-order valence-corrected chi connectivity index (χ0v) is 14.7. The minimum absolute atomic E-state index is 0.344. The average molecular weight is 404 g/mol. The first-order chi connectivity index (χ1) is 13.7. The molecule has 8 heteroatoms. The molecule has 4 rings (SSSR count). The Bertz CT molecular complexity index is 1170. The molecule has 3 aromatic carbocycles. The fourth-order valence-corrected chi connectivity index (χ4v) is 3.23. The molecule has 0 bridgehead atoms. The van der Waals surface area contributed by atoms with E-state index in [-0.39, 0.29) is 0 Å². The molecule has 0 saturated heterocycles. The van der Waals surface area contributed by atoms with Crippen LogP contribution in [0.25, 0.3) is 16.6 Å². The Hall–Kier alpha value is -3.26. The number of benzene rings is 3. The number of hydrogen-bond acceptors (Lipinski definition) is 2. The summed E-state index contributed by atoms with van der Waals surface area (Å²) in [4.78, 5) is 0. The average Bonchev–Trinajstić information content (AvgIpc) is 3.11. The third-order valence-electron chi connectivity index (χ3n) is 4.73. The largest absolute Gasteiger partial charge is 0.425 e. The molecule has 0 spiro atoms. The van der Waals surface area contributed by atoms with Gasteiger partial charge in [0.1, 0.15) is 11.6 Å². The van der Waals surface area contributed by atoms with E-state index in [9.17, 15) is 27.1 Å². The summed E-state index contributed by atoms with van der Waals surface area (Å²) in [7, 11) is 0. The van der Waals surface area contributed by atoms with Crippen LogP contribution in [0, 0.1) is 11.6 Å². The summed E-state index contributed by atoms with van der Waals surface area (Å²) < 4.78 is 69.4. The third-order valence-corrected chi connectivity index (χ3v) is 4.73. The van der Waals surface area contributed by atoms with E-state index in [4.69, 9.17) is 0 Å². The maximum Gasteiger partial charge on any atom is 0.425 e. The van der Waals surface area contributed by atoms with Crippen molar-refractivity contribution >= 4 is 10.9 Å². The highest BCUT2D eigenvalue weighted by molar-refractivity contribution is 5.81. The molecule has 0 aliphatic heterocycles. The number of aliphatic hydroxyl groups is 1. The Morgan fingerprint density at radius 1 is 0.759 bits per heavy atom. The number of nitrogens with zero attached hydrogens (tertiary/aromatic N) is 2. The van der Waals surface area contributed by atoms with E-state index in [0.717, 1.165) is 30.3 Å². The van der Waals surface area contributed by atoms with Gasteiger partial charge in [-0.15, -0.1) is 0 Å². The summed E-state index contributed by atoms with van der Waals surface area (Å²) in [5.41, 5.74) is -3.26. The first kappa shape index (κ1) is 19.1. The molecule has 29 heavy (non-hydrogen) atoms. The summed E-state index contributed by atoms with van der Waals surface area (Å²) >= 11 is 0. The van der Waals surface area contributed by atoms with Crippen LogP contribution < -0.4 is 0 Å². The summed E-state index contributed by atoms with van der Waals surface area (Å²) in [5.74, 6) is -1.14. The minimum atomic E-state index is -5.05. The van der Waals surface area contributed by atoms with Crippen LogP contribution >= 0.6 is 0 Å². The van der Waals surface area contributed by atoms with Crippen molar-refractivity contribution in [3.05, 3.63) is 95.7 Å². The summed E-state index contributed by atoms with van der Waals surface area (Å²) in [5, 5.41) is 15.2. The van der Waals surface area contributed by atoms with Gasteiger partial charge in [0.25, 0.3) is 0 Å². The highest BCUT2D eigenvalue weighted by atomic mass is 19.4. The minimum Gasteiger partial charge on any atom is -0.372 e. The molecule has 0 saturated carbocycles. The lowest BCUT2D eigenvalue weighted by Gasteiger charge is -2.31. The standard InChI is InChI=1S/C21H13F5N2O/c22-16-4-1-14(2-5-16)20(29,21(24,25)26)15-3-10-19-13(11-15)12-27-28(19)18-8-6-17(23)7-9-18/h1-12,29H. The Kier molecular flexibility index (Phi) is 4.38. The molecule has 1 aromatic heterocycles. The van der Waals surface area contributed by atoms with Gasteiger partial charge in [-0.2, -0.15) is 18.3 Å². The number of fused-ring (bicyclic) bond motifs is 1. The highest BCUT2D eigenvalue weighted by Crippen LogP contribution is 2.44. The molecule has 4 aromatic rings. The molecule has 148 valence electrons. The molecule has 0 fully saturated rings. The molecular formula is C21H13F5N2O. The van der Waals surface area contributed by atoms with Crippen molar-refractivity contribution in [2.75, 3.05) is 0 Å². The number of alkyl halides is 3. The second kappa shape index (κ2) is 6.66. The van der Waals surface area contributed by atoms with Gasteiger partial charge in [0.2, 0.25) is 5.60 Å². The first-order valence-corrected chi connectivity index (χ1v) is 8.49. The molecule has 0 aliphatic carbocycles. The maximum atomic E-state index is 13.9. The van der Waals surface area contributed by atoms with Gasteiger partial charge in [-0.25, -0.2) is 13.5 Å². The molecule has 1 N–H and O–H groups in total. The fraction of sp³-hybridized carbons (Fsp3) is 0.0952. The van der Waals surface area contributed by atoms with Crippen molar-refractivity contribution in [1.29, 1.82) is 0 Å². The van der Waals surface area contributed by atoms with Crippen molar-refractivity contribution in [3.8, 4) is 5.69 Å². The first-order valence-electron chi connectivity index (χ1n) is 8.49. The van der Waals surface area contributed by atoms with E-state index >= 15 is 0 Å². The molecule has 1 unspecified atom stereocenters. The second-order valence-electron chi connectivity index (χ2n) is 6.52. The van der Waals surface area contributed by atoms with E-state index in [1.54, 1.807) is 0 Å². The van der Waals surface area contributed by atoms with Gasteiger partial charge in [0.15, 0.2) is 0 Å². The zero-order valence-electron chi connectivity index (χ0n) is 14.7. The predicted molar refractivity (Wildman–Crippen MR) is 96.5 cm³/mol. The van der Waals surface area contributed by atoms with Crippen LogP contribution in [0.15, 0.2) is 72.9 Å². The number of rotatable bonds is 3. The van der Waals surface area contributed by atoms with Crippen LogP contribution in [0.3, 0.4) is 0 Å². The van der Waals surface area contributed by atoms with Crippen LogP contribution in [-0.2, 0) is 5.60 Å². The van der Waals surface area contributed by atoms with Gasteiger partial charge in [0, 0.05) is 5.39 Å². The van der Waals surface area contributed by atoms with E-state index in [1.807, 2.05) is 0 Å². The zero-order chi connectivity index (χ0) is 20.8. The summed E-state index contributed by atoms with van der Waals surface area (Å²) in [6.07, 6.45) is -3.70. The Morgan fingerprint density at radius 2 is 1.31 bits per heavy atom. The van der Waals surface area contributed by atoms with Gasteiger partial charge in [-0.1, -0.05) is 18.2 Å². The lowest BCUT2D eigenvalue weighted by molar-refractivity contribution is -0.248. The highest BCUT2D eigenvalue weighted by Gasteiger charge is 2.56. The Labute approximate surface area is 161 Å². The van der Waals surface area contributed by atoms with Crippen molar-refractivity contribution in [3.63, 3.8) is 0 Å². The van der Waals surface area contributed by atoms with Crippen LogP contribution in [-0.4, -0.2) is 21.1 Å². The van der Waals surface area contributed by atoms with Crippen LogP contribution in [0.1, 0.15) is 11.1 Å². The monoisotopic (exact) mass is 404 g/mol. The van der Waals surface area contributed by atoms with E-state index in [2.05, 4.69) is 5.10 Å². The molecule has 0 radical (unpaired) electrons. The predicted octanol–water partition coefficient (Wildman–Crippen LogP) is 5.10. The molecule has 0 amide bonds. The summed E-state index contributed by atoms with van der Waals surface area (Å²) in [6, 6.07) is 12.7. The van der Waals surface area contributed by atoms with Crippen molar-refractivity contribution in [1.82, 2.24) is 9.78 Å². The van der Waals surface area contributed by atoms with Gasteiger partial charge < -0.3 is 5.11 Å². The normalized spacial score (nSPS) is 14.1. The third kappa shape index (κ3) is 3.15. The maximum absolute atomic E-state index is 13.9. The van der Waals surface area contributed by atoms with Gasteiger partial charge in [0.05, 0.1) is 17.4 Å². The van der Waals surface area contributed by atoms with Gasteiger partial charge in [-0.3, -0.25) is 0 Å². The van der Waals surface area contributed by atoms with Crippen molar-refractivity contribution < 1.29 is 27.1 Å². The molecule has 1 heterocycles. The van der Waals surface area contributed by atoms with E-state index in [1.165, 1.54) is 47.3 Å².